The third kappa shape index (κ3) is 2.89. The van der Waals surface area contributed by atoms with Crippen LogP contribution in [0.2, 0.25) is 0 Å². The standard InChI is InChI=1S/C16H14ClN3/c17-14-11-18-15(12-7-3-1-4-8-12)20-16(19-14)13-9-5-2-6-10-13/h1-10,16H,11H2,(H,18,20). The molecule has 1 N–H and O–H groups in total. The van der Waals surface area contributed by atoms with Gasteiger partial charge in [0.15, 0.2) is 0 Å². The van der Waals surface area contributed by atoms with Crippen molar-refractivity contribution >= 4 is 22.6 Å². The summed E-state index contributed by atoms with van der Waals surface area (Å²) >= 11 is 6.12. The fourth-order valence-corrected chi connectivity index (χ4v) is 2.25. The molecular formula is C16H14ClN3. The maximum atomic E-state index is 6.12. The first-order chi connectivity index (χ1) is 9.83. The van der Waals surface area contributed by atoms with E-state index in [4.69, 9.17) is 11.6 Å². The summed E-state index contributed by atoms with van der Waals surface area (Å²) in [5, 5.41) is 3.87. The van der Waals surface area contributed by atoms with Gasteiger partial charge in [0.2, 0.25) is 0 Å². The van der Waals surface area contributed by atoms with Crippen molar-refractivity contribution in [1.82, 2.24) is 5.32 Å². The molecule has 2 aromatic rings. The highest BCUT2D eigenvalue weighted by Crippen LogP contribution is 2.18. The second kappa shape index (κ2) is 5.88. The molecule has 0 spiro atoms. The van der Waals surface area contributed by atoms with Crippen LogP contribution in [0.25, 0.3) is 0 Å². The highest BCUT2D eigenvalue weighted by atomic mass is 35.5. The van der Waals surface area contributed by atoms with E-state index in [1.54, 1.807) is 0 Å². The monoisotopic (exact) mass is 283 g/mol. The highest BCUT2D eigenvalue weighted by molar-refractivity contribution is 6.66. The molecule has 3 nitrogen and oxygen atoms in total. The molecule has 0 fully saturated rings. The van der Waals surface area contributed by atoms with Gasteiger partial charge in [-0.05, 0) is 5.56 Å². The van der Waals surface area contributed by atoms with Crippen molar-refractivity contribution in [3.05, 3.63) is 71.8 Å². The normalized spacial score (nSPS) is 18.6. The Morgan fingerprint density at radius 3 is 2.30 bits per heavy atom. The van der Waals surface area contributed by atoms with E-state index in [0.717, 1.165) is 17.0 Å². The summed E-state index contributed by atoms with van der Waals surface area (Å²) in [5.41, 5.74) is 2.10. The molecule has 1 aliphatic heterocycles. The van der Waals surface area contributed by atoms with Crippen LogP contribution >= 0.6 is 11.6 Å². The predicted octanol–water partition coefficient (Wildman–Crippen LogP) is 3.37. The first-order valence-electron chi connectivity index (χ1n) is 6.46. The van der Waals surface area contributed by atoms with Crippen molar-refractivity contribution in [1.29, 1.82) is 0 Å². The van der Waals surface area contributed by atoms with E-state index in [2.05, 4.69) is 15.3 Å². The molecule has 3 rings (SSSR count). The molecule has 1 aliphatic rings. The smallest absolute Gasteiger partial charge is 0.147 e. The Balaban J connectivity index is 1.93. The van der Waals surface area contributed by atoms with Crippen LogP contribution in [0.15, 0.2) is 70.6 Å². The van der Waals surface area contributed by atoms with Crippen LogP contribution in [0.1, 0.15) is 17.3 Å². The zero-order valence-electron chi connectivity index (χ0n) is 10.8. The van der Waals surface area contributed by atoms with E-state index in [1.807, 2.05) is 60.7 Å². The van der Waals surface area contributed by atoms with Gasteiger partial charge in [-0.3, -0.25) is 4.99 Å². The number of aliphatic imine (C=N–C) groups is 2. The molecule has 2 aromatic carbocycles. The second-order valence-corrected chi connectivity index (χ2v) is 4.93. The minimum atomic E-state index is -0.204. The van der Waals surface area contributed by atoms with Gasteiger partial charge in [0.1, 0.15) is 17.2 Å². The Kier molecular flexibility index (Phi) is 3.79. The van der Waals surface area contributed by atoms with Gasteiger partial charge >= 0.3 is 0 Å². The molecular weight excluding hydrogens is 270 g/mol. The first-order valence-corrected chi connectivity index (χ1v) is 6.84. The summed E-state index contributed by atoms with van der Waals surface area (Å²) in [6.07, 6.45) is -0.204. The van der Waals surface area contributed by atoms with Crippen LogP contribution in [0, 0.1) is 0 Å². The van der Waals surface area contributed by atoms with Crippen molar-refractivity contribution < 1.29 is 0 Å². The largest absolute Gasteiger partial charge is 0.345 e. The lowest BCUT2D eigenvalue weighted by atomic mass is 10.1. The Hall–Kier alpha value is -2.13. The molecule has 1 heterocycles. The van der Waals surface area contributed by atoms with Gasteiger partial charge in [0, 0.05) is 5.56 Å². The van der Waals surface area contributed by atoms with Crippen molar-refractivity contribution in [2.24, 2.45) is 9.98 Å². The summed E-state index contributed by atoms with van der Waals surface area (Å²) in [7, 11) is 0. The van der Waals surface area contributed by atoms with Crippen LogP contribution in [0.3, 0.4) is 0 Å². The van der Waals surface area contributed by atoms with E-state index in [1.165, 1.54) is 0 Å². The Morgan fingerprint density at radius 2 is 1.60 bits per heavy atom. The molecule has 0 aliphatic carbocycles. The second-order valence-electron chi connectivity index (χ2n) is 4.49. The van der Waals surface area contributed by atoms with Gasteiger partial charge in [0.05, 0.1) is 6.54 Å². The summed E-state index contributed by atoms with van der Waals surface area (Å²) < 4.78 is 0. The van der Waals surface area contributed by atoms with Gasteiger partial charge in [-0.1, -0.05) is 72.3 Å². The van der Waals surface area contributed by atoms with Crippen LogP contribution in [-0.2, 0) is 0 Å². The lowest BCUT2D eigenvalue weighted by molar-refractivity contribution is 0.691. The minimum Gasteiger partial charge on any atom is -0.345 e. The SMILES string of the molecule is ClC1=NC(c2ccccc2)NC(c2ccccc2)=NC1. The molecule has 0 saturated carbocycles. The number of nitrogens with zero attached hydrogens (tertiary/aromatic N) is 2. The molecule has 0 aromatic heterocycles. The molecule has 0 radical (unpaired) electrons. The van der Waals surface area contributed by atoms with E-state index in [0.29, 0.717) is 11.7 Å². The molecule has 100 valence electrons. The van der Waals surface area contributed by atoms with Crippen molar-refractivity contribution in [2.75, 3.05) is 6.54 Å². The number of nitrogens with one attached hydrogen (secondary N) is 1. The number of hydrogen-bond acceptors (Lipinski definition) is 3. The first kappa shape index (κ1) is 12.9. The highest BCUT2D eigenvalue weighted by Gasteiger charge is 2.16. The number of rotatable bonds is 2. The lowest BCUT2D eigenvalue weighted by Crippen LogP contribution is -2.27. The lowest BCUT2D eigenvalue weighted by Gasteiger charge is -2.16. The number of benzene rings is 2. The van der Waals surface area contributed by atoms with Crippen molar-refractivity contribution in [2.45, 2.75) is 6.17 Å². The van der Waals surface area contributed by atoms with E-state index in [-0.39, 0.29) is 6.17 Å². The fraction of sp³-hybridized carbons (Fsp3) is 0.125. The summed E-state index contributed by atoms with van der Waals surface area (Å²) in [4.78, 5) is 8.97. The van der Waals surface area contributed by atoms with E-state index in [9.17, 15) is 0 Å². The van der Waals surface area contributed by atoms with E-state index < -0.39 is 0 Å². The molecule has 1 unspecified atom stereocenters. The topological polar surface area (TPSA) is 36.8 Å². The van der Waals surface area contributed by atoms with Crippen molar-refractivity contribution in [3.63, 3.8) is 0 Å². The summed E-state index contributed by atoms with van der Waals surface area (Å²) in [5.74, 6) is 0.818. The minimum absolute atomic E-state index is 0.204. The maximum Gasteiger partial charge on any atom is 0.147 e. The molecule has 20 heavy (non-hydrogen) atoms. The third-order valence-corrected chi connectivity index (χ3v) is 3.29. The number of hydrogen-bond donors (Lipinski definition) is 1. The zero-order valence-corrected chi connectivity index (χ0v) is 11.6. The fourth-order valence-electron chi connectivity index (χ4n) is 2.10. The molecule has 4 heteroatoms. The molecule has 0 amide bonds. The molecule has 1 atom stereocenters. The van der Waals surface area contributed by atoms with Crippen LogP contribution in [0.5, 0.6) is 0 Å². The van der Waals surface area contributed by atoms with Crippen molar-refractivity contribution in [3.8, 4) is 0 Å². The number of halogens is 1. The third-order valence-electron chi connectivity index (χ3n) is 3.07. The Morgan fingerprint density at radius 1 is 0.950 bits per heavy atom. The van der Waals surface area contributed by atoms with Crippen LogP contribution in [0.4, 0.5) is 0 Å². The van der Waals surface area contributed by atoms with Crippen LogP contribution < -0.4 is 5.32 Å². The average Bonchev–Trinajstić information content (AvgIpc) is 2.71. The number of amidine groups is 1. The van der Waals surface area contributed by atoms with Gasteiger partial charge in [-0.2, -0.15) is 0 Å². The quantitative estimate of drug-likeness (QED) is 0.901. The maximum absolute atomic E-state index is 6.12. The molecule has 0 saturated heterocycles. The van der Waals surface area contributed by atoms with E-state index >= 15 is 0 Å². The Bertz CT molecular complexity index is 635. The van der Waals surface area contributed by atoms with Gasteiger partial charge in [-0.25, -0.2) is 4.99 Å². The van der Waals surface area contributed by atoms with Crippen LogP contribution in [-0.4, -0.2) is 17.6 Å². The summed E-state index contributed by atoms with van der Waals surface area (Å²) in [6.45, 7) is 0.405. The predicted molar refractivity (Wildman–Crippen MR) is 83.5 cm³/mol. The zero-order chi connectivity index (χ0) is 13.8. The van der Waals surface area contributed by atoms with Gasteiger partial charge in [0.25, 0.3) is 0 Å². The van der Waals surface area contributed by atoms with Gasteiger partial charge < -0.3 is 5.32 Å². The van der Waals surface area contributed by atoms with Gasteiger partial charge in [-0.15, -0.1) is 0 Å². The molecule has 0 bridgehead atoms. The Labute approximate surface area is 123 Å². The summed E-state index contributed by atoms with van der Waals surface area (Å²) in [6, 6.07) is 20.0. The average molecular weight is 284 g/mol.